The van der Waals surface area contributed by atoms with Gasteiger partial charge in [-0.05, 0) is 45.0 Å². The van der Waals surface area contributed by atoms with Gasteiger partial charge in [-0.2, -0.15) is 0 Å². The van der Waals surface area contributed by atoms with Crippen LogP contribution in [0.3, 0.4) is 0 Å². The summed E-state index contributed by atoms with van der Waals surface area (Å²) in [5, 5.41) is 0. The molecule has 1 heterocycles. The molecule has 6 nitrogen and oxygen atoms in total. The number of aromatic nitrogens is 1. The van der Waals surface area contributed by atoms with Gasteiger partial charge in [-0.1, -0.05) is 12.7 Å². The highest BCUT2D eigenvalue weighted by molar-refractivity contribution is 6.08. The lowest BCUT2D eigenvalue weighted by molar-refractivity contribution is -0.884. The fourth-order valence-electron chi connectivity index (χ4n) is 3.22. The van der Waals surface area contributed by atoms with Crippen LogP contribution < -0.4 is 9.64 Å². The predicted octanol–water partition coefficient (Wildman–Crippen LogP) is 2.27. The zero-order valence-electron chi connectivity index (χ0n) is 17.1. The second-order valence-corrected chi connectivity index (χ2v) is 6.82. The van der Waals surface area contributed by atoms with Gasteiger partial charge in [-0.15, -0.1) is 0 Å². The minimum Gasteiger partial charge on any atom is -0.490 e. The van der Waals surface area contributed by atoms with Crippen LogP contribution in [0.1, 0.15) is 44.6 Å². The van der Waals surface area contributed by atoms with Crippen molar-refractivity contribution in [3.05, 3.63) is 65.0 Å². The molecule has 0 amide bonds. The number of hydrogen-bond acceptors (Lipinski definition) is 4. The molecule has 0 aliphatic heterocycles. The van der Waals surface area contributed by atoms with Crippen molar-refractivity contribution in [2.75, 3.05) is 26.8 Å². The van der Waals surface area contributed by atoms with Gasteiger partial charge in [0.1, 0.15) is 25.4 Å². The Labute approximate surface area is 166 Å². The molecule has 0 spiro atoms. The molecule has 0 saturated heterocycles. The Morgan fingerprint density at radius 2 is 1.79 bits per heavy atom. The molecule has 0 aliphatic rings. The van der Waals surface area contributed by atoms with E-state index >= 15 is 0 Å². The Balaban J connectivity index is 2.06. The maximum Gasteiger partial charge on any atom is 0.340 e. The van der Waals surface area contributed by atoms with Gasteiger partial charge in [0, 0.05) is 17.0 Å². The number of aryl methyl sites for hydroxylation is 2. The SMILES string of the molecule is C=CCOc1ccc(C[NH+](C)CC(=O)c2c(C)[nH]c(C)c2C(=O)OCC)cc1. The minimum absolute atomic E-state index is 0.0756. The van der Waals surface area contributed by atoms with Gasteiger partial charge in [0.2, 0.25) is 5.78 Å². The third-order valence-corrected chi connectivity index (χ3v) is 4.39. The van der Waals surface area contributed by atoms with Gasteiger partial charge in [0.15, 0.2) is 0 Å². The number of likely N-dealkylation sites (N-methyl/N-ethyl adjacent to an activating group) is 1. The van der Waals surface area contributed by atoms with Crippen LogP contribution in [-0.4, -0.2) is 43.5 Å². The average molecular weight is 385 g/mol. The highest BCUT2D eigenvalue weighted by Gasteiger charge is 2.27. The lowest BCUT2D eigenvalue weighted by Crippen LogP contribution is -3.08. The first-order valence-electron chi connectivity index (χ1n) is 9.40. The molecule has 0 saturated carbocycles. The first kappa shape index (κ1) is 21.4. The third-order valence-electron chi connectivity index (χ3n) is 4.39. The summed E-state index contributed by atoms with van der Waals surface area (Å²) >= 11 is 0. The number of quaternary nitrogens is 1. The summed E-state index contributed by atoms with van der Waals surface area (Å²) in [5.74, 6) is 0.253. The highest BCUT2D eigenvalue weighted by Crippen LogP contribution is 2.20. The number of carbonyl (C=O) groups is 2. The predicted molar refractivity (Wildman–Crippen MR) is 108 cm³/mol. The molecule has 0 radical (unpaired) electrons. The molecule has 150 valence electrons. The molecule has 2 rings (SSSR count). The smallest absolute Gasteiger partial charge is 0.340 e. The van der Waals surface area contributed by atoms with E-state index in [1.165, 1.54) is 0 Å². The molecule has 28 heavy (non-hydrogen) atoms. The summed E-state index contributed by atoms with van der Waals surface area (Å²) in [6.45, 7) is 10.7. The van der Waals surface area contributed by atoms with Crippen LogP contribution in [0.5, 0.6) is 5.75 Å². The topological polar surface area (TPSA) is 72.8 Å². The molecule has 1 atom stereocenters. The molecule has 6 heteroatoms. The van der Waals surface area contributed by atoms with E-state index in [9.17, 15) is 9.59 Å². The van der Waals surface area contributed by atoms with E-state index < -0.39 is 5.97 Å². The Morgan fingerprint density at radius 1 is 1.14 bits per heavy atom. The number of nitrogens with one attached hydrogen (secondary N) is 2. The molecule has 1 aromatic carbocycles. The molecule has 0 fully saturated rings. The van der Waals surface area contributed by atoms with Crippen LogP contribution in [-0.2, 0) is 11.3 Å². The molecule has 1 aromatic heterocycles. The Hall–Kier alpha value is -2.86. The number of Topliss-reactive ketones (excluding diaryl/α,β-unsaturated/α-hetero) is 1. The molecule has 1 unspecified atom stereocenters. The number of esters is 1. The summed E-state index contributed by atoms with van der Waals surface area (Å²) in [6.07, 6.45) is 1.70. The summed E-state index contributed by atoms with van der Waals surface area (Å²) in [6, 6.07) is 7.79. The quantitative estimate of drug-likeness (QED) is 0.374. The van der Waals surface area contributed by atoms with E-state index in [2.05, 4.69) is 11.6 Å². The minimum atomic E-state index is -0.458. The Kier molecular flexibility index (Phi) is 7.58. The van der Waals surface area contributed by atoms with Gasteiger partial charge < -0.3 is 19.4 Å². The molecule has 2 aromatic rings. The van der Waals surface area contributed by atoms with Crippen LogP contribution in [0.25, 0.3) is 0 Å². The number of H-pyrrole nitrogens is 1. The maximum atomic E-state index is 12.9. The molecule has 0 bridgehead atoms. The van der Waals surface area contributed by atoms with Crippen molar-refractivity contribution in [2.45, 2.75) is 27.3 Å². The summed E-state index contributed by atoms with van der Waals surface area (Å²) in [7, 11) is 1.96. The van der Waals surface area contributed by atoms with Gasteiger partial charge in [0.25, 0.3) is 0 Å². The average Bonchev–Trinajstić information content (AvgIpc) is 2.95. The van der Waals surface area contributed by atoms with Gasteiger partial charge in [0.05, 0.1) is 24.8 Å². The summed E-state index contributed by atoms with van der Waals surface area (Å²) < 4.78 is 10.6. The first-order valence-corrected chi connectivity index (χ1v) is 9.40. The fraction of sp³-hybridized carbons (Fsp3) is 0.364. The van der Waals surface area contributed by atoms with Crippen molar-refractivity contribution in [3.63, 3.8) is 0 Å². The second-order valence-electron chi connectivity index (χ2n) is 6.82. The van der Waals surface area contributed by atoms with Gasteiger partial charge in [-0.25, -0.2) is 4.79 Å². The van der Waals surface area contributed by atoms with Crippen molar-refractivity contribution in [1.29, 1.82) is 0 Å². The zero-order chi connectivity index (χ0) is 20.7. The van der Waals surface area contributed by atoms with Crippen LogP contribution in [0, 0.1) is 13.8 Å². The van der Waals surface area contributed by atoms with Crippen molar-refractivity contribution < 1.29 is 24.0 Å². The largest absolute Gasteiger partial charge is 0.490 e. The van der Waals surface area contributed by atoms with E-state index in [0.717, 1.165) is 16.2 Å². The first-order chi connectivity index (χ1) is 13.4. The van der Waals surface area contributed by atoms with Crippen LogP contribution in [0.15, 0.2) is 36.9 Å². The molecule has 0 aliphatic carbocycles. The number of hydrogen-bond donors (Lipinski definition) is 2. The maximum absolute atomic E-state index is 12.9. The Bertz CT molecular complexity index is 837. The van der Waals surface area contributed by atoms with Crippen molar-refractivity contribution in [3.8, 4) is 5.75 Å². The van der Waals surface area contributed by atoms with Crippen molar-refractivity contribution in [2.24, 2.45) is 0 Å². The monoisotopic (exact) mass is 385 g/mol. The zero-order valence-corrected chi connectivity index (χ0v) is 17.1. The number of ketones is 1. The second kappa shape index (κ2) is 9.90. The van der Waals surface area contributed by atoms with Crippen LogP contribution in [0.4, 0.5) is 0 Å². The van der Waals surface area contributed by atoms with E-state index in [1.807, 2.05) is 31.3 Å². The third kappa shape index (κ3) is 5.33. The van der Waals surface area contributed by atoms with Gasteiger partial charge >= 0.3 is 5.97 Å². The van der Waals surface area contributed by atoms with E-state index in [-0.39, 0.29) is 18.9 Å². The summed E-state index contributed by atoms with van der Waals surface area (Å²) in [5.41, 5.74) is 3.24. The number of rotatable bonds is 10. The van der Waals surface area contributed by atoms with E-state index in [0.29, 0.717) is 35.7 Å². The molecular formula is C22H29N2O4+. The number of benzene rings is 1. The number of aromatic amines is 1. The number of carbonyl (C=O) groups excluding carboxylic acids is 2. The standard InChI is InChI=1S/C22H28N2O4/c1-6-12-28-18-10-8-17(9-11-18)13-24(5)14-19(25)20-15(3)23-16(4)21(20)22(26)27-7-2/h6,8-11,23H,1,7,12-14H2,2-5H3/p+1. The Morgan fingerprint density at radius 3 is 2.39 bits per heavy atom. The van der Waals surface area contributed by atoms with Crippen molar-refractivity contribution in [1.82, 2.24) is 4.98 Å². The van der Waals surface area contributed by atoms with Gasteiger partial charge in [-0.3, -0.25) is 4.79 Å². The van der Waals surface area contributed by atoms with Crippen LogP contribution >= 0.6 is 0 Å². The lowest BCUT2D eigenvalue weighted by atomic mass is 10.0. The van der Waals surface area contributed by atoms with E-state index in [4.69, 9.17) is 9.47 Å². The highest BCUT2D eigenvalue weighted by atomic mass is 16.5. The summed E-state index contributed by atoms with van der Waals surface area (Å²) in [4.78, 5) is 29.3. The number of ether oxygens (including phenoxy) is 2. The van der Waals surface area contributed by atoms with Crippen LogP contribution in [0.2, 0.25) is 0 Å². The normalized spacial score (nSPS) is 11.7. The molecular weight excluding hydrogens is 356 g/mol. The van der Waals surface area contributed by atoms with Crippen molar-refractivity contribution >= 4 is 11.8 Å². The molecule has 2 N–H and O–H groups in total. The van der Waals surface area contributed by atoms with E-state index in [1.54, 1.807) is 26.8 Å². The lowest BCUT2D eigenvalue weighted by Gasteiger charge is -2.14. The fourth-order valence-corrected chi connectivity index (χ4v) is 3.22.